The van der Waals surface area contributed by atoms with E-state index in [4.69, 9.17) is 42.7 Å². The predicted molar refractivity (Wildman–Crippen MR) is 275 cm³/mol. The highest BCUT2D eigenvalue weighted by Gasteiger charge is 2.24. The molecular formula is C52H54BBrCl2F2N4O8. The van der Waals surface area contributed by atoms with Gasteiger partial charge in [-0.15, -0.1) is 0 Å². The highest BCUT2D eigenvalue weighted by atomic mass is 79.9. The molecule has 18 heteroatoms. The van der Waals surface area contributed by atoms with Gasteiger partial charge in [0.15, 0.2) is 0 Å². The molecule has 0 radical (unpaired) electrons. The second kappa shape index (κ2) is 27.8. The Labute approximate surface area is 425 Å². The van der Waals surface area contributed by atoms with Crippen molar-refractivity contribution in [3.63, 3.8) is 0 Å². The maximum atomic E-state index is 14.0. The van der Waals surface area contributed by atoms with Gasteiger partial charge in [-0.2, -0.15) is 0 Å². The van der Waals surface area contributed by atoms with Gasteiger partial charge in [0.2, 0.25) is 11.8 Å². The quantitative estimate of drug-likeness (QED) is 0.0524. The third-order valence-corrected chi connectivity index (χ3v) is 11.1. The lowest BCUT2D eigenvalue weighted by Gasteiger charge is -2.18. The van der Waals surface area contributed by atoms with Crippen LogP contribution in [-0.2, 0) is 22.4 Å². The normalized spacial score (nSPS) is 11.4. The Bertz CT molecular complexity index is 2700. The van der Waals surface area contributed by atoms with Crippen LogP contribution >= 0.6 is 39.1 Å². The number of benzene rings is 6. The first-order valence-corrected chi connectivity index (χ1v) is 23.5. The Balaban J connectivity index is 0.000000258. The van der Waals surface area contributed by atoms with Crippen molar-refractivity contribution in [1.82, 2.24) is 21.3 Å². The van der Waals surface area contributed by atoms with E-state index in [9.17, 15) is 28.0 Å². The van der Waals surface area contributed by atoms with E-state index < -0.39 is 30.9 Å². The van der Waals surface area contributed by atoms with Crippen molar-refractivity contribution in [3.05, 3.63) is 182 Å². The molecule has 368 valence electrons. The number of hydrogen-bond donors (Lipinski definition) is 6. The molecule has 6 aromatic rings. The van der Waals surface area contributed by atoms with E-state index in [1.807, 2.05) is 64.1 Å². The van der Waals surface area contributed by atoms with Crippen molar-refractivity contribution in [2.24, 2.45) is 0 Å². The van der Waals surface area contributed by atoms with Crippen LogP contribution in [0.4, 0.5) is 8.78 Å². The molecule has 0 bridgehead atoms. The highest BCUT2D eigenvalue weighted by molar-refractivity contribution is 9.10. The monoisotopic (exact) mass is 1060 g/mol. The Hall–Kier alpha value is -6.30. The lowest BCUT2D eigenvalue weighted by atomic mass is 9.80. The van der Waals surface area contributed by atoms with Crippen LogP contribution in [-0.4, -0.2) is 79.2 Å². The van der Waals surface area contributed by atoms with E-state index in [2.05, 4.69) is 37.2 Å². The van der Waals surface area contributed by atoms with E-state index in [1.165, 1.54) is 56.6 Å². The summed E-state index contributed by atoms with van der Waals surface area (Å²) in [5.41, 5.74) is 3.58. The number of likely N-dealkylation sites (N-methyl/N-ethyl adjacent to an activating group) is 2. The fourth-order valence-electron chi connectivity index (χ4n) is 6.53. The highest BCUT2D eigenvalue weighted by Crippen LogP contribution is 2.28. The molecule has 0 aliphatic carbocycles. The average Bonchev–Trinajstić information content (AvgIpc) is 3.33. The molecule has 4 amide bonds. The standard InChI is InChI=1S/C26H26ClFN2O3.C20H22BrClN2O3.C6H6BFO2/c1-16(2)33-24-13-12-19(15-21(24)27)25(31)30-23(26(32)29-3)14-17-8-10-18(11-9-17)20-6-4-5-7-22(20)28;1-12(2)27-18-9-6-14(11-16(18)22)19(25)24-17(20(26)23-3)10-13-4-7-15(21)8-5-13;8-6-4-2-1-3-5(6)7(9)10/h4-13,15-16,23H,14H2,1-3H3,(H,29,32)(H,30,31);4-9,11-12,17H,10H2,1-3H3,(H,23,26)(H,24,25);1-4,9-10H. The van der Waals surface area contributed by atoms with Crippen LogP contribution in [0.2, 0.25) is 10.0 Å². The molecule has 0 saturated heterocycles. The molecule has 12 nitrogen and oxygen atoms in total. The topological polar surface area (TPSA) is 175 Å². The summed E-state index contributed by atoms with van der Waals surface area (Å²) in [6, 6.07) is 34.9. The molecule has 0 saturated carbocycles. The van der Waals surface area contributed by atoms with Crippen LogP contribution in [0.25, 0.3) is 11.1 Å². The number of hydrogen-bond acceptors (Lipinski definition) is 8. The smallest absolute Gasteiger partial charge is 0.489 e. The minimum Gasteiger partial charge on any atom is -0.489 e. The number of rotatable bonds is 16. The fraction of sp³-hybridized carbons (Fsp3) is 0.231. The maximum absolute atomic E-state index is 14.0. The third kappa shape index (κ3) is 17.6. The molecular weight excluding hydrogens is 1010 g/mol. The van der Waals surface area contributed by atoms with Crippen LogP contribution < -0.4 is 36.2 Å². The molecule has 0 spiro atoms. The van der Waals surface area contributed by atoms with Crippen molar-refractivity contribution >= 4 is 75.3 Å². The van der Waals surface area contributed by atoms with Crippen molar-refractivity contribution < 1.29 is 47.5 Å². The maximum Gasteiger partial charge on any atom is 0.491 e. The van der Waals surface area contributed by atoms with E-state index in [1.54, 1.807) is 54.6 Å². The zero-order valence-electron chi connectivity index (χ0n) is 39.2. The van der Waals surface area contributed by atoms with Crippen molar-refractivity contribution in [2.75, 3.05) is 14.1 Å². The predicted octanol–water partition coefficient (Wildman–Crippen LogP) is 8.50. The van der Waals surface area contributed by atoms with Gasteiger partial charge in [0.05, 0.1) is 22.3 Å². The first-order valence-electron chi connectivity index (χ1n) is 22.0. The number of carbonyl (C=O) groups excluding carboxylic acids is 4. The SMILES string of the molecule is CNC(=O)C(Cc1ccc(-c2ccccc2F)cc1)NC(=O)c1ccc(OC(C)C)c(Cl)c1.CNC(=O)C(Cc1ccc(Br)cc1)NC(=O)c1ccc(OC(C)C)c(Cl)c1.OB(O)c1ccccc1F. The van der Waals surface area contributed by atoms with E-state index in [0.29, 0.717) is 44.7 Å². The van der Waals surface area contributed by atoms with Crippen LogP contribution in [0.5, 0.6) is 11.5 Å². The summed E-state index contributed by atoms with van der Waals surface area (Å²) in [6.07, 6.45) is 0.571. The molecule has 0 aliphatic rings. The molecule has 0 aromatic heterocycles. The number of halogens is 5. The summed E-state index contributed by atoms with van der Waals surface area (Å²) >= 11 is 15.8. The largest absolute Gasteiger partial charge is 0.491 e. The molecule has 6 rings (SSSR count). The molecule has 2 unspecified atom stereocenters. The summed E-state index contributed by atoms with van der Waals surface area (Å²) in [6.45, 7) is 7.56. The molecule has 0 fully saturated rings. The lowest BCUT2D eigenvalue weighted by Crippen LogP contribution is -2.47. The number of ether oxygens (including phenoxy) is 2. The minimum atomic E-state index is -1.72. The number of amides is 4. The molecule has 70 heavy (non-hydrogen) atoms. The number of nitrogens with one attached hydrogen (secondary N) is 4. The second-order valence-corrected chi connectivity index (χ2v) is 17.7. The van der Waals surface area contributed by atoms with Crippen molar-refractivity contribution in [2.45, 2.75) is 64.8 Å². The minimum absolute atomic E-state index is 0.0225. The number of carbonyl (C=O) groups is 4. The first-order chi connectivity index (χ1) is 33.3. The van der Waals surface area contributed by atoms with Crippen LogP contribution in [0.3, 0.4) is 0 Å². The van der Waals surface area contributed by atoms with Crippen molar-refractivity contribution in [1.29, 1.82) is 0 Å². The van der Waals surface area contributed by atoms with Gasteiger partial charge in [-0.3, -0.25) is 19.2 Å². The second-order valence-electron chi connectivity index (χ2n) is 16.0. The fourth-order valence-corrected chi connectivity index (χ4v) is 7.24. The zero-order valence-corrected chi connectivity index (χ0v) is 42.3. The van der Waals surface area contributed by atoms with Crippen LogP contribution in [0, 0.1) is 11.6 Å². The van der Waals surface area contributed by atoms with Gasteiger partial charge in [0, 0.05) is 53.6 Å². The zero-order chi connectivity index (χ0) is 51.5. The molecule has 6 N–H and O–H groups in total. The summed E-state index contributed by atoms with van der Waals surface area (Å²) in [4.78, 5) is 50.1. The van der Waals surface area contributed by atoms with E-state index in [0.717, 1.165) is 21.2 Å². The first kappa shape index (κ1) is 56.3. The molecule has 2 atom stereocenters. The Morgan fingerprint density at radius 2 is 1.01 bits per heavy atom. The van der Waals surface area contributed by atoms with Crippen molar-refractivity contribution in [3.8, 4) is 22.6 Å². The summed E-state index contributed by atoms with van der Waals surface area (Å²) < 4.78 is 38.7. The van der Waals surface area contributed by atoms with Gasteiger partial charge in [-0.25, -0.2) is 8.78 Å². The van der Waals surface area contributed by atoms with Gasteiger partial charge in [0.25, 0.3) is 11.8 Å². The van der Waals surface area contributed by atoms with E-state index in [-0.39, 0.29) is 47.6 Å². The third-order valence-electron chi connectivity index (χ3n) is 9.97. The Morgan fingerprint density at radius 1 is 0.600 bits per heavy atom. The van der Waals surface area contributed by atoms with Gasteiger partial charge < -0.3 is 40.8 Å². The summed E-state index contributed by atoms with van der Waals surface area (Å²) in [5, 5.41) is 28.4. The van der Waals surface area contributed by atoms with E-state index >= 15 is 0 Å². The van der Waals surface area contributed by atoms with Gasteiger partial charge in [-0.1, -0.05) is 112 Å². The van der Waals surface area contributed by atoms with Gasteiger partial charge in [0.1, 0.15) is 35.2 Å². The Morgan fingerprint density at radius 3 is 1.39 bits per heavy atom. The summed E-state index contributed by atoms with van der Waals surface area (Å²) in [7, 11) is 1.33. The van der Waals surface area contributed by atoms with Gasteiger partial charge >= 0.3 is 7.12 Å². The molecule has 6 aromatic carbocycles. The molecule has 0 aliphatic heterocycles. The lowest BCUT2D eigenvalue weighted by molar-refractivity contribution is -0.123. The Kier molecular flexibility index (Phi) is 22.3. The van der Waals surface area contributed by atoms with Gasteiger partial charge in [-0.05, 0) is 105 Å². The van der Waals surface area contributed by atoms with Crippen LogP contribution in [0.1, 0.15) is 59.5 Å². The summed E-state index contributed by atoms with van der Waals surface area (Å²) in [5.74, 6) is -1.29. The van der Waals surface area contributed by atoms with Crippen LogP contribution in [0.15, 0.2) is 138 Å². The molecule has 0 heterocycles. The average molecular weight is 1060 g/mol.